The van der Waals surface area contributed by atoms with Crippen molar-refractivity contribution < 1.29 is 4.39 Å². The molecule has 0 amide bonds. The molecule has 0 saturated carbocycles. The molecule has 1 aromatic carbocycles. The highest BCUT2D eigenvalue weighted by Gasteiger charge is 2.03. The molecule has 1 N–H and O–H groups in total. The molecule has 0 unspecified atom stereocenters. The number of halogens is 2. The van der Waals surface area contributed by atoms with E-state index >= 15 is 0 Å². The maximum Gasteiger partial charge on any atom is 0.240 e. The van der Waals surface area contributed by atoms with E-state index in [0.717, 1.165) is 4.47 Å². The van der Waals surface area contributed by atoms with E-state index in [4.69, 9.17) is 0 Å². The molecule has 11 heavy (non-hydrogen) atoms. The number of hydrogen-bond donors (Lipinski definition) is 1. The summed E-state index contributed by atoms with van der Waals surface area (Å²) in [5, 5.41) is 6.51. The Hall–Kier alpha value is -0.900. The van der Waals surface area contributed by atoms with Crippen molar-refractivity contribution in [3.63, 3.8) is 0 Å². The van der Waals surface area contributed by atoms with E-state index in [2.05, 4.69) is 26.1 Å². The minimum atomic E-state index is -0.457. The molecule has 0 fully saturated rings. The van der Waals surface area contributed by atoms with Gasteiger partial charge in [-0.15, -0.1) is 5.10 Å². The van der Waals surface area contributed by atoms with Crippen molar-refractivity contribution in [1.29, 1.82) is 0 Å². The van der Waals surface area contributed by atoms with Gasteiger partial charge >= 0.3 is 0 Å². The Kier molecular flexibility index (Phi) is 1.42. The molecule has 0 aliphatic heterocycles. The molecule has 0 atom stereocenters. The molecule has 0 radical (unpaired) electrons. The number of aromatic amines is 1. The fourth-order valence-corrected chi connectivity index (χ4v) is 1.32. The lowest BCUT2D eigenvalue weighted by atomic mass is 10.3. The third-order valence-electron chi connectivity index (χ3n) is 1.48. The van der Waals surface area contributed by atoms with Crippen LogP contribution in [-0.4, -0.2) is 10.2 Å². The number of aromatic nitrogens is 2. The SMILES string of the molecule is Fc1n[nH]c2ccc(Br)cc12. The molecule has 2 rings (SSSR count). The van der Waals surface area contributed by atoms with E-state index in [1.165, 1.54) is 0 Å². The van der Waals surface area contributed by atoms with Gasteiger partial charge < -0.3 is 0 Å². The number of H-pyrrole nitrogens is 1. The lowest BCUT2D eigenvalue weighted by Gasteiger charge is -1.88. The summed E-state index contributed by atoms with van der Waals surface area (Å²) in [7, 11) is 0. The van der Waals surface area contributed by atoms with Crippen molar-refractivity contribution in [1.82, 2.24) is 10.2 Å². The smallest absolute Gasteiger partial charge is 0.240 e. The average molecular weight is 215 g/mol. The second-order valence-corrected chi connectivity index (χ2v) is 3.12. The molecule has 0 aliphatic rings. The number of rotatable bonds is 0. The molecule has 4 heteroatoms. The fourth-order valence-electron chi connectivity index (χ4n) is 0.954. The van der Waals surface area contributed by atoms with E-state index in [-0.39, 0.29) is 0 Å². The number of fused-ring (bicyclic) bond motifs is 1. The van der Waals surface area contributed by atoms with Crippen LogP contribution >= 0.6 is 15.9 Å². The summed E-state index contributed by atoms with van der Waals surface area (Å²) >= 11 is 3.24. The highest BCUT2D eigenvalue weighted by Crippen LogP contribution is 2.19. The van der Waals surface area contributed by atoms with Crippen LogP contribution in [0.5, 0.6) is 0 Å². The zero-order chi connectivity index (χ0) is 7.84. The van der Waals surface area contributed by atoms with Crippen LogP contribution in [0.15, 0.2) is 22.7 Å². The summed E-state index contributed by atoms with van der Waals surface area (Å²) in [5.41, 5.74) is 0.714. The van der Waals surface area contributed by atoms with Crippen LogP contribution in [0.2, 0.25) is 0 Å². The van der Waals surface area contributed by atoms with Crippen LogP contribution in [0.25, 0.3) is 10.9 Å². The molecule has 56 valence electrons. The Balaban J connectivity index is 2.87. The molecule has 0 spiro atoms. The summed E-state index contributed by atoms with van der Waals surface area (Å²) in [6.07, 6.45) is 0. The van der Waals surface area contributed by atoms with Gasteiger partial charge in [0.25, 0.3) is 0 Å². The minimum Gasteiger partial charge on any atom is -0.275 e. The van der Waals surface area contributed by atoms with Gasteiger partial charge in [-0.3, -0.25) is 5.10 Å². The maximum absolute atomic E-state index is 12.8. The van der Waals surface area contributed by atoms with E-state index in [1.54, 1.807) is 12.1 Å². The first-order chi connectivity index (χ1) is 5.27. The minimum absolute atomic E-state index is 0.457. The van der Waals surface area contributed by atoms with Gasteiger partial charge in [-0.05, 0) is 18.2 Å². The van der Waals surface area contributed by atoms with Crippen molar-refractivity contribution in [2.75, 3.05) is 0 Å². The van der Waals surface area contributed by atoms with E-state index in [0.29, 0.717) is 10.9 Å². The third kappa shape index (κ3) is 1.03. The summed E-state index contributed by atoms with van der Waals surface area (Å²) in [6, 6.07) is 5.30. The first kappa shape index (κ1) is 6.79. The van der Waals surface area contributed by atoms with Gasteiger partial charge in [-0.1, -0.05) is 15.9 Å². The first-order valence-corrected chi connectivity index (χ1v) is 3.86. The maximum atomic E-state index is 12.8. The van der Waals surface area contributed by atoms with E-state index in [1.807, 2.05) is 6.07 Å². The lowest BCUT2D eigenvalue weighted by Crippen LogP contribution is -1.70. The summed E-state index contributed by atoms with van der Waals surface area (Å²) < 4.78 is 13.6. The van der Waals surface area contributed by atoms with Crippen molar-refractivity contribution in [3.05, 3.63) is 28.6 Å². The van der Waals surface area contributed by atoms with Gasteiger partial charge in [0.15, 0.2) is 0 Å². The summed E-state index contributed by atoms with van der Waals surface area (Å²) in [6.45, 7) is 0. The number of nitrogens with zero attached hydrogens (tertiary/aromatic N) is 1. The Bertz CT molecular complexity index is 396. The Morgan fingerprint density at radius 2 is 2.27 bits per heavy atom. The van der Waals surface area contributed by atoms with Gasteiger partial charge in [0.2, 0.25) is 5.95 Å². The van der Waals surface area contributed by atoms with Gasteiger partial charge in [0.1, 0.15) is 0 Å². The quantitative estimate of drug-likeness (QED) is 0.718. The van der Waals surface area contributed by atoms with E-state index < -0.39 is 5.95 Å². The summed E-state index contributed by atoms with van der Waals surface area (Å²) in [5.74, 6) is -0.457. The van der Waals surface area contributed by atoms with Crippen LogP contribution < -0.4 is 0 Å². The van der Waals surface area contributed by atoms with Crippen molar-refractivity contribution in [2.24, 2.45) is 0 Å². The molecule has 2 nitrogen and oxygen atoms in total. The summed E-state index contributed by atoms with van der Waals surface area (Å²) in [4.78, 5) is 0. The van der Waals surface area contributed by atoms with Gasteiger partial charge in [0, 0.05) is 4.47 Å². The molecule has 0 saturated heterocycles. The molecular weight excluding hydrogens is 211 g/mol. The van der Waals surface area contributed by atoms with Crippen molar-refractivity contribution >= 4 is 26.8 Å². The topological polar surface area (TPSA) is 28.7 Å². The fraction of sp³-hybridized carbons (Fsp3) is 0. The second-order valence-electron chi connectivity index (χ2n) is 2.20. The largest absolute Gasteiger partial charge is 0.275 e. The number of nitrogens with one attached hydrogen (secondary N) is 1. The molecule has 1 aromatic heterocycles. The van der Waals surface area contributed by atoms with Gasteiger partial charge in [-0.2, -0.15) is 4.39 Å². The predicted octanol–water partition coefficient (Wildman–Crippen LogP) is 2.46. The first-order valence-electron chi connectivity index (χ1n) is 3.06. The van der Waals surface area contributed by atoms with Crippen LogP contribution in [0.3, 0.4) is 0 Å². The third-order valence-corrected chi connectivity index (χ3v) is 1.97. The predicted molar refractivity (Wildman–Crippen MR) is 43.8 cm³/mol. The second kappa shape index (κ2) is 2.30. The van der Waals surface area contributed by atoms with E-state index in [9.17, 15) is 4.39 Å². The van der Waals surface area contributed by atoms with Crippen LogP contribution in [0, 0.1) is 5.95 Å². The average Bonchev–Trinajstić information content (AvgIpc) is 2.33. The standard InChI is InChI=1S/C7H4BrFN2/c8-4-1-2-6-5(3-4)7(9)11-10-6/h1-3H,(H,10,11). The van der Waals surface area contributed by atoms with Gasteiger partial charge in [0.05, 0.1) is 10.9 Å². The molecule has 1 heterocycles. The number of hydrogen-bond acceptors (Lipinski definition) is 1. The highest BCUT2D eigenvalue weighted by molar-refractivity contribution is 9.10. The zero-order valence-corrected chi connectivity index (χ0v) is 7.02. The number of benzene rings is 1. The molecular formula is C7H4BrFN2. The Labute approximate surface area is 70.5 Å². The highest BCUT2D eigenvalue weighted by atomic mass is 79.9. The van der Waals surface area contributed by atoms with Crippen LogP contribution in [0.1, 0.15) is 0 Å². The molecule has 0 bridgehead atoms. The Morgan fingerprint density at radius 1 is 1.45 bits per heavy atom. The lowest BCUT2D eigenvalue weighted by molar-refractivity contribution is 0.588. The van der Waals surface area contributed by atoms with Crippen molar-refractivity contribution in [3.8, 4) is 0 Å². The van der Waals surface area contributed by atoms with Crippen LogP contribution in [0.4, 0.5) is 4.39 Å². The molecule has 2 aromatic rings. The normalized spacial score (nSPS) is 10.7. The Morgan fingerprint density at radius 3 is 3.09 bits per heavy atom. The van der Waals surface area contributed by atoms with Crippen LogP contribution in [-0.2, 0) is 0 Å². The van der Waals surface area contributed by atoms with Crippen molar-refractivity contribution in [2.45, 2.75) is 0 Å². The zero-order valence-electron chi connectivity index (χ0n) is 5.44. The molecule has 0 aliphatic carbocycles. The monoisotopic (exact) mass is 214 g/mol. The van der Waals surface area contributed by atoms with Gasteiger partial charge in [-0.25, -0.2) is 0 Å².